The minimum atomic E-state index is -0.460. The highest BCUT2D eigenvalue weighted by atomic mass is 16.3. The van der Waals surface area contributed by atoms with Crippen LogP contribution in [0.5, 0.6) is 0 Å². The first-order valence-corrected chi connectivity index (χ1v) is 21.7. The first kappa shape index (κ1) is 36.6. The number of fused-ring (bicyclic) bond motifs is 6. The second kappa shape index (κ2) is 15.1. The van der Waals surface area contributed by atoms with Crippen LogP contribution in [0.3, 0.4) is 0 Å². The largest absolute Gasteiger partial charge is 0.456 e. The summed E-state index contributed by atoms with van der Waals surface area (Å²) in [5, 5.41) is 2.26. The van der Waals surface area contributed by atoms with Gasteiger partial charge in [0.1, 0.15) is 11.2 Å². The second-order valence-electron chi connectivity index (χ2n) is 16.4. The summed E-state index contributed by atoms with van der Waals surface area (Å²) in [7, 11) is 0. The number of furan rings is 1. The Hall–Kier alpha value is -8.20. The van der Waals surface area contributed by atoms with Crippen LogP contribution in [0.1, 0.15) is 22.3 Å². The van der Waals surface area contributed by atoms with Crippen LogP contribution in [-0.4, -0.2) is 0 Å². The molecule has 0 aliphatic heterocycles. The van der Waals surface area contributed by atoms with Crippen molar-refractivity contribution in [2.45, 2.75) is 5.41 Å². The van der Waals surface area contributed by atoms with E-state index in [2.05, 4.69) is 241 Å². The van der Waals surface area contributed by atoms with Gasteiger partial charge in [0, 0.05) is 27.8 Å². The zero-order valence-corrected chi connectivity index (χ0v) is 34.5. The van der Waals surface area contributed by atoms with E-state index >= 15 is 0 Å². The van der Waals surface area contributed by atoms with Crippen molar-refractivity contribution in [3.63, 3.8) is 0 Å². The van der Waals surface area contributed by atoms with Crippen LogP contribution in [0.2, 0.25) is 0 Å². The molecule has 1 aliphatic carbocycles. The third kappa shape index (κ3) is 6.10. The normalized spacial score (nSPS) is 12.6. The molecule has 11 aromatic rings. The highest BCUT2D eigenvalue weighted by Gasteiger charge is 2.45. The van der Waals surface area contributed by atoms with E-state index in [-0.39, 0.29) is 0 Å². The molecule has 10 aromatic carbocycles. The van der Waals surface area contributed by atoms with Crippen LogP contribution in [-0.2, 0) is 5.41 Å². The fourth-order valence-corrected chi connectivity index (χ4v) is 10.0. The van der Waals surface area contributed by atoms with Gasteiger partial charge in [-0.15, -0.1) is 0 Å². The number of rotatable bonds is 8. The Morgan fingerprint density at radius 3 is 1.27 bits per heavy atom. The van der Waals surface area contributed by atoms with Gasteiger partial charge in [-0.2, -0.15) is 0 Å². The van der Waals surface area contributed by atoms with Crippen LogP contribution in [0.25, 0.3) is 66.4 Å². The third-order valence-corrected chi connectivity index (χ3v) is 13.0. The lowest BCUT2D eigenvalue weighted by Crippen LogP contribution is -2.28. The molecule has 63 heavy (non-hydrogen) atoms. The summed E-state index contributed by atoms with van der Waals surface area (Å²) in [6, 6.07) is 90.2. The maximum absolute atomic E-state index is 6.15. The highest BCUT2D eigenvalue weighted by molar-refractivity contribution is 6.06. The quantitative estimate of drug-likeness (QED) is 0.152. The van der Waals surface area contributed by atoms with Gasteiger partial charge in [0.2, 0.25) is 0 Å². The first-order chi connectivity index (χ1) is 31.2. The van der Waals surface area contributed by atoms with Gasteiger partial charge >= 0.3 is 0 Å². The molecule has 2 nitrogen and oxygen atoms in total. The fourth-order valence-electron chi connectivity index (χ4n) is 10.0. The molecular formula is C61H41NO. The Balaban J connectivity index is 0.954. The van der Waals surface area contributed by atoms with Crippen molar-refractivity contribution in [1.82, 2.24) is 0 Å². The molecule has 0 amide bonds. The molecule has 1 aromatic heterocycles. The molecule has 2 heteroatoms. The van der Waals surface area contributed by atoms with Gasteiger partial charge in [-0.1, -0.05) is 194 Å². The number of nitrogens with zero attached hydrogens (tertiary/aromatic N) is 1. The van der Waals surface area contributed by atoms with E-state index in [1.54, 1.807) is 0 Å². The van der Waals surface area contributed by atoms with Crippen molar-refractivity contribution in [1.29, 1.82) is 0 Å². The smallest absolute Gasteiger partial charge is 0.135 e. The van der Waals surface area contributed by atoms with E-state index in [1.807, 2.05) is 12.1 Å². The second-order valence-corrected chi connectivity index (χ2v) is 16.4. The summed E-state index contributed by atoms with van der Waals surface area (Å²) in [5.74, 6) is 0. The molecule has 1 aliphatic rings. The van der Waals surface area contributed by atoms with Gasteiger partial charge in [0.15, 0.2) is 0 Å². The number of hydrogen-bond acceptors (Lipinski definition) is 2. The summed E-state index contributed by atoms with van der Waals surface area (Å²) in [4.78, 5) is 2.37. The molecule has 0 fully saturated rings. The minimum Gasteiger partial charge on any atom is -0.456 e. The number of para-hydroxylation sites is 1. The Bertz CT molecular complexity index is 3360. The zero-order valence-electron chi connectivity index (χ0n) is 34.5. The highest BCUT2D eigenvalue weighted by Crippen LogP contribution is 2.56. The van der Waals surface area contributed by atoms with E-state index in [1.165, 1.54) is 55.6 Å². The van der Waals surface area contributed by atoms with Crippen molar-refractivity contribution < 1.29 is 4.42 Å². The van der Waals surface area contributed by atoms with Crippen LogP contribution in [0.4, 0.5) is 17.1 Å². The number of benzene rings is 10. The molecule has 0 atom stereocenters. The summed E-state index contributed by atoms with van der Waals surface area (Å²) in [5.41, 5.74) is 19.4. The van der Waals surface area contributed by atoms with Crippen LogP contribution in [0.15, 0.2) is 253 Å². The Morgan fingerprint density at radius 1 is 0.286 bits per heavy atom. The molecule has 12 rings (SSSR count). The van der Waals surface area contributed by atoms with Gasteiger partial charge < -0.3 is 9.32 Å². The predicted octanol–water partition coefficient (Wildman–Crippen LogP) is 16.4. The number of anilines is 3. The Kier molecular flexibility index (Phi) is 8.76. The van der Waals surface area contributed by atoms with Crippen LogP contribution >= 0.6 is 0 Å². The van der Waals surface area contributed by atoms with E-state index in [0.717, 1.165) is 50.1 Å². The molecule has 0 radical (unpaired) electrons. The van der Waals surface area contributed by atoms with Crippen LogP contribution < -0.4 is 4.90 Å². The first-order valence-electron chi connectivity index (χ1n) is 21.7. The average Bonchev–Trinajstić information content (AvgIpc) is 3.89. The molecule has 0 unspecified atom stereocenters. The molecule has 296 valence electrons. The SMILES string of the molecule is c1ccc(-c2ccc(-c3ccc(N(c4ccc(-c5ccc6oc7ccccc7c6c5)cc4)c4ccc(C5(c6ccccc6)c6ccccc6-c6ccccc65)cc4)cc3)cc2)cc1. The topological polar surface area (TPSA) is 16.4 Å². The van der Waals surface area contributed by atoms with E-state index in [4.69, 9.17) is 4.42 Å². The van der Waals surface area contributed by atoms with Gasteiger partial charge in [-0.25, -0.2) is 0 Å². The van der Waals surface area contributed by atoms with Gasteiger partial charge in [0.25, 0.3) is 0 Å². The van der Waals surface area contributed by atoms with Crippen LogP contribution in [0, 0.1) is 0 Å². The fraction of sp³-hybridized carbons (Fsp3) is 0.0164. The molecule has 0 spiro atoms. The maximum Gasteiger partial charge on any atom is 0.135 e. The van der Waals surface area contributed by atoms with Gasteiger partial charge in [-0.05, 0) is 121 Å². The summed E-state index contributed by atoms with van der Waals surface area (Å²) in [6.07, 6.45) is 0. The minimum absolute atomic E-state index is 0.460. The molecule has 1 heterocycles. The summed E-state index contributed by atoms with van der Waals surface area (Å²) >= 11 is 0. The van der Waals surface area contributed by atoms with Crippen molar-refractivity contribution in [3.8, 4) is 44.5 Å². The third-order valence-electron chi connectivity index (χ3n) is 13.0. The average molecular weight is 804 g/mol. The standard InChI is InChI=1S/C61H41NO/c1-3-13-42(14-4-1)43-23-25-44(26-24-43)45-27-34-50(35-28-45)62(51-36-29-46(30-37-51)47-31-40-60-56(41-47)55-19-9-12-22-59(55)63-60)52-38-32-49(33-39-52)61(48-15-5-2-6-16-48)57-20-10-7-17-53(57)54-18-8-11-21-58(54)61/h1-41H. The molecular weight excluding hydrogens is 763 g/mol. The predicted molar refractivity (Wildman–Crippen MR) is 262 cm³/mol. The monoisotopic (exact) mass is 803 g/mol. The van der Waals surface area contributed by atoms with Crippen molar-refractivity contribution in [2.24, 2.45) is 0 Å². The summed E-state index contributed by atoms with van der Waals surface area (Å²) in [6.45, 7) is 0. The molecule has 0 bridgehead atoms. The van der Waals surface area contributed by atoms with Gasteiger partial charge in [-0.3, -0.25) is 0 Å². The zero-order chi connectivity index (χ0) is 41.7. The lowest BCUT2D eigenvalue weighted by atomic mass is 9.68. The van der Waals surface area contributed by atoms with Gasteiger partial charge in [0.05, 0.1) is 5.41 Å². The van der Waals surface area contributed by atoms with Crippen molar-refractivity contribution >= 4 is 39.0 Å². The van der Waals surface area contributed by atoms with E-state index in [9.17, 15) is 0 Å². The van der Waals surface area contributed by atoms with E-state index in [0.29, 0.717) is 0 Å². The lowest BCUT2D eigenvalue weighted by Gasteiger charge is -2.34. The van der Waals surface area contributed by atoms with Crippen molar-refractivity contribution in [2.75, 3.05) is 4.90 Å². The van der Waals surface area contributed by atoms with E-state index < -0.39 is 5.41 Å². The lowest BCUT2D eigenvalue weighted by molar-refractivity contribution is 0.669. The molecule has 0 saturated carbocycles. The molecule has 0 saturated heterocycles. The maximum atomic E-state index is 6.15. The Morgan fingerprint density at radius 2 is 0.683 bits per heavy atom. The van der Waals surface area contributed by atoms with Crippen molar-refractivity contribution in [3.05, 3.63) is 271 Å². The number of hydrogen-bond donors (Lipinski definition) is 0. The molecule has 0 N–H and O–H groups in total. The summed E-state index contributed by atoms with van der Waals surface area (Å²) < 4.78 is 6.15. The Labute approximate surface area is 367 Å².